The van der Waals surface area contributed by atoms with Crippen molar-refractivity contribution in [2.24, 2.45) is 10.8 Å². The molecule has 0 saturated heterocycles. The molecule has 1 aromatic rings. The lowest BCUT2D eigenvalue weighted by atomic mass is 10.1. The van der Waals surface area contributed by atoms with Gasteiger partial charge >= 0.3 is 0 Å². The predicted octanol–water partition coefficient (Wildman–Crippen LogP) is 1.49. The van der Waals surface area contributed by atoms with E-state index in [1.165, 1.54) is 16.7 Å². The number of aryl methyl sites for hydroxylation is 3. The largest absolute Gasteiger partial charge is 0.383 e. The summed E-state index contributed by atoms with van der Waals surface area (Å²) in [6.07, 6.45) is 0. The summed E-state index contributed by atoms with van der Waals surface area (Å²) in [4.78, 5) is 4.28. The van der Waals surface area contributed by atoms with Crippen LogP contribution in [0.1, 0.15) is 16.7 Å². The topological polar surface area (TPSA) is 71.7 Å². The van der Waals surface area contributed by atoms with Crippen molar-refractivity contribution >= 4 is 11.6 Å². The lowest BCUT2D eigenvalue weighted by molar-refractivity contribution is 0.208. The third kappa shape index (κ3) is 4.01. The minimum Gasteiger partial charge on any atom is -0.383 e. The van der Waals surface area contributed by atoms with Crippen LogP contribution in [0.4, 0.5) is 5.69 Å². The van der Waals surface area contributed by atoms with Crippen molar-refractivity contribution in [2.75, 3.05) is 25.6 Å². The number of guanidine groups is 1. The number of hydrogen-bond acceptors (Lipinski definition) is 3. The van der Waals surface area contributed by atoms with Gasteiger partial charge in [-0.25, -0.2) is 10.8 Å². The van der Waals surface area contributed by atoms with E-state index >= 15 is 0 Å². The smallest absolute Gasteiger partial charge is 0.210 e. The molecule has 1 rings (SSSR count). The van der Waals surface area contributed by atoms with Crippen molar-refractivity contribution in [3.05, 3.63) is 28.8 Å². The van der Waals surface area contributed by atoms with Crippen LogP contribution < -0.4 is 16.6 Å². The van der Waals surface area contributed by atoms with Gasteiger partial charge < -0.3 is 10.1 Å². The number of hydrogen-bond donors (Lipinski definition) is 3. The number of aliphatic imine (C=N–C) groups is 1. The van der Waals surface area contributed by atoms with Gasteiger partial charge in [0.2, 0.25) is 5.96 Å². The minimum atomic E-state index is 0.544. The van der Waals surface area contributed by atoms with Gasteiger partial charge in [0.05, 0.1) is 13.2 Å². The lowest BCUT2D eigenvalue weighted by Gasteiger charge is -2.15. The highest BCUT2D eigenvalue weighted by Crippen LogP contribution is 2.21. The first-order valence-electron chi connectivity index (χ1n) is 5.93. The van der Waals surface area contributed by atoms with Gasteiger partial charge in [0.15, 0.2) is 0 Å². The van der Waals surface area contributed by atoms with Crippen molar-refractivity contribution in [1.82, 2.24) is 5.43 Å². The van der Waals surface area contributed by atoms with Gasteiger partial charge in [0.25, 0.3) is 0 Å². The van der Waals surface area contributed by atoms with Crippen LogP contribution in [0.25, 0.3) is 0 Å². The molecule has 100 valence electrons. The average molecular weight is 250 g/mol. The highest BCUT2D eigenvalue weighted by Gasteiger charge is 2.05. The van der Waals surface area contributed by atoms with Gasteiger partial charge in [-0.1, -0.05) is 17.7 Å². The van der Waals surface area contributed by atoms with E-state index < -0.39 is 0 Å². The van der Waals surface area contributed by atoms with Gasteiger partial charge in [0, 0.05) is 12.8 Å². The number of hydrazine groups is 1. The van der Waals surface area contributed by atoms with E-state index in [-0.39, 0.29) is 0 Å². The summed E-state index contributed by atoms with van der Waals surface area (Å²) in [7, 11) is 1.65. The molecule has 5 nitrogen and oxygen atoms in total. The van der Waals surface area contributed by atoms with E-state index in [4.69, 9.17) is 10.6 Å². The fourth-order valence-corrected chi connectivity index (χ4v) is 1.87. The number of nitrogens with one attached hydrogen (secondary N) is 2. The van der Waals surface area contributed by atoms with Crippen LogP contribution in [-0.4, -0.2) is 26.2 Å². The molecule has 0 aliphatic rings. The Morgan fingerprint density at radius 3 is 2.39 bits per heavy atom. The van der Waals surface area contributed by atoms with Crippen LogP contribution in [-0.2, 0) is 4.74 Å². The summed E-state index contributed by atoms with van der Waals surface area (Å²) in [5, 5.41) is 3.21. The lowest BCUT2D eigenvalue weighted by Crippen LogP contribution is -2.37. The Balaban J connectivity index is 2.85. The van der Waals surface area contributed by atoms with Gasteiger partial charge in [0.1, 0.15) is 0 Å². The van der Waals surface area contributed by atoms with Gasteiger partial charge in [-0.05, 0) is 31.9 Å². The zero-order chi connectivity index (χ0) is 13.5. The molecule has 0 spiro atoms. The van der Waals surface area contributed by atoms with E-state index in [9.17, 15) is 0 Å². The maximum absolute atomic E-state index is 5.45. The third-order valence-corrected chi connectivity index (χ3v) is 2.62. The third-order valence-electron chi connectivity index (χ3n) is 2.62. The molecule has 0 aromatic heterocycles. The molecule has 18 heavy (non-hydrogen) atoms. The van der Waals surface area contributed by atoms with Gasteiger partial charge in [-0.15, -0.1) is 0 Å². The first kappa shape index (κ1) is 14.5. The van der Waals surface area contributed by atoms with Crippen molar-refractivity contribution in [1.29, 1.82) is 0 Å². The molecule has 0 amide bonds. The summed E-state index contributed by atoms with van der Waals surface area (Å²) in [6.45, 7) is 7.33. The van der Waals surface area contributed by atoms with Crippen LogP contribution >= 0.6 is 0 Å². The fourth-order valence-electron chi connectivity index (χ4n) is 1.87. The Bertz CT molecular complexity index is 406. The molecule has 0 heterocycles. The maximum atomic E-state index is 5.45. The number of ether oxygens (including phenoxy) is 1. The normalized spacial score (nSPS) is 11.5. The van der Waals surface area contributed by atoms with Gasteiger partial charge in [-0.2, -0.15) is 0 Å². The van der Waals surface area contributed by atoms with Crippen LogP contribution in [0, 0.1) is 20.8 Å². The quantitative estimate of drug-likeness (QED) is 0.249. The molecular formula is C13H22N4O. The number of nitrogens with two attached hydrogens (primary N) is 1. The monoisotopic (exact) mass is 250 g/mol. The molecule has 0 saturated carbocycles. The second kappa shape index (κ2) is 6.98. The number of rotatable bonds is 4. The minimum absolute atomic E-state index is 0.544. The van der Waals surface area contributed by atoms with Crippen LogP contribution in [0.5, 0.6) is 0 Å². The van der Waals surface area contributed by atoms with Crippen molar-refractivity contribution in [3.63, 3.8) is 0 Å². The van der Waals surface area contributed by atoms with E-state index in [0.29, 0.717) is 19.1 Å². The highest BCUT2D eigenvalue weighted by molar-refractivity contribution is 5.94. The molecule has 0 fully saturated rings. The van der Waals surface area contributed by atoms with E-state index in [1.807, 2.05) is 0 Å². The Hall–Kier alpha value is -1.59. The van der Waals surface area contributed by atoms with E-state index in [2.05, 4.69) is 48.6 Å². The average Bonchev–Trinajstić information content (AvgIpc) is 2.31. The van der Waals surface area contributed by atoms with E-state index in [1.54, 1.807) is 7.11 Å². The van der Waals surface area contributed by atoms with Crippen molar-refractivity contribution in [2.45, 2.75) is 20.8 Å². The summed E-state index contributed by atoms with van der Waals surface area (Å²) in [5.74, 6) is 5.99. The fraction of sp³-hybridized carbons (Fsp3) is 0.462. The first-order valence-corrected chi connectivity index (χ1v) is 5.93. The Kier molecular flexibility index (Phi) is 5.61. The van der Waals surface area contributed by atoms with Gasteiger partial charge in [-0.3, -0.25) is 5.43 Å². The number of anilines is 1. The molecule has 5 heteroatoms. The molecule has 4 N–H and O–H groups in total. The summed E-state index contributed by atoms with van der Waals surface area (Å²) < 4.78 is 4.95. The molecule has 0 aliphatic heterocycles. The Labute approximate surface area is 108 Å². The molecule has 0 atom stereocenters. The van der Waals surface area contributed by atoms with E-state index in [0.717, 1.165) is 5.69 Å². The molecule has 0 unspecified atom stereocenters. The van der Waals surface area contributed by atoms with Crippen molar-refractivity contribution < 1.29 is 4.74 Å². The SMILES string of the molecule is COCCN=C(NN)Nc1c(C)cc(C)cc1C. The predicted molar refractivity (Wildman–Crippen MR) is 75.8 cm³/mol. The summed E-state index contributed by atoms with van der Waals surface area (Å²) >= 11 is 0. The standard InChI is InChI=1S/C13H22N4O/c1-9-7-10(2)12(11(3)8-9)16-13(17-14)15-5-6-18-4/h7-8H,5-6,14H2,1-4H3,(H2,15,16,17). The van der Waals surface area contributed by atoms with Crippen LogP contribution in [0.2, 0.25) is 0 Å². The highest BCUT2D eigenvalue weighted by atomic mass is 16.5. The molecular weight excluding hydrogens is 228 g/mol. The second-order valence-corrected chi connectivity index (χ2v) is 4.27. The number of nitrogens with zero attached hydrogens (tertiary/aromatic N) is 1. The zero-order valence-electron chi connectivity index (χ0n) is 11.5. The van der Waals surface area contributed by atoms with Crippen LogP contribution in [0.15, 0.2) is 17.1 Å². The summed E-state index contributed by atoms with van der Waals surface area (Å²) in [6, 6.07) is 4.25. The second-order valence-electron chi connectivity index (χ2n) is 4.27. The first-order chi connectivity index (χ1) is 8.58. The number of methoxy groups -OCH3 is 1. The Morgan fingerprint density at radius 1 is 1.28 bits per heavy atom. The molecule has 1 aromatic carbocycles. The van der Waals surface area contributed by atoms with Crippen molar-refractivity contribution in [3.8, 4) is 0 Å². The van der Waals surface area contributed by atoms with Crippen LogP contribution in [0.3, 0.4) is 0 Å². The zero-order valence-corrected chi connectivity index (χ0v) is 11.5. The maximum Gasteiger partial charge on any atom is 0.210 e. The molecule has 0 bridgehead atoms. The Morgan fingerprint density at radius 2 is 1.89 bits per heavy atom. The summed E-state index contributed by atoms with van der Waals surface area (Å²) in [5.41, 5.74) is 7.18. The molecule has 0 aliphatic carbocycles. The number of benzene rings is 1. The molecule has 0 radical (unpaired) electrons.